The van der Waals surface area contributed by atoms with Crippen molar-refractivity contribution in [3.63, 3.8) is 0 Å². The number of nitrogens with two attached hydrogens (primary N) is 1. The second-order valence-electron chi connectivity index (χ2n) is 3.89. The van der Waals surface area contributed by atoms with Gasteiger partial charge in [-0.2, -0.15) is 0 Å². The molecule has 0 unspecified atom stereocenters. The van der Waals surface area contributed by atoms with Gasteiger partial charge in [0.2, 0.25) is 0 Å². The molecule has 18 heavy (non-hydrogen) atoms. The first-order chi connectivity index (χ1) is 8.58. The van der Waals surface area contributed by atoms with Crippen molar-refractivity contribution in [2.24, 2.45) is 0 Å². The van der Waals surface area contributed by atoms with Crippen molar-refractivity contribution in [2.45, 2.75) is 13.3 Å². The lowest BCUT2D eigenvalue weighted by Gasteiger charge is -2.11. The van der Waals surface area contributed by atoms with Crippen molar-refractivity contribution in [3.05, 3.63) is 45.5 Å². The second kappa shape index (κ2) is 5.59. The smallest absolute Gasteiger partial charge is 0.134 e. The van der Waals surface area contributed by atoms with E-state index in [1.54, 1.807) is 12.1 Å². The molecule has 0 spiro atoms. The Hall–Kier alpha value is -1.26. The number of anilines is 3. The van der Waals surface area contributed by atoms with Gasteiger partial charge < -0.3 is 11.1 Å². The summed E-state index contributed by atoms with van der Waals surface area (Å²) >= 11 is 9.34. The Morgan fingerprint density at radius 3 is 2.78 bits per heavy atom. The van der Waals surface area contributed by atoms with Gasteiger partial charge in [0.15, 0.2) is 0 Å². The van der Waals surface area contributed by atoms with Crippen LogP contribution in [0.5, 0.6) is 0 Å². The average molecular weight is 327 g/mol. The van der Waals surface area contributed by atoms with Gasteiger partial charge in [-0.05, 0) is 36.2 Å². The number of hydrogen-bond donors (Lipinski definition) is 2. The van der Waals surface area contributed by atoms with Gasteiger partial charge in [-0.15, -0.1) is 0 Å². The van der Waals surface area contributed by atoms with Crippen molar-refractivity contribution in [3.8, 4) is 0 Å². The topological polar surface area (TPSA) is 50.9 Å². The first-order valence-corrected chi connectivity index (χ1v) is 6.74. The largest absolute Gasteiger partial charge is 0.399 e. The maximum atomic E-state index is 5.88. The number of nitrogens with zero attached hydrogens (tertiary/aromatic N) is 1. The highest BCUT2D eigenvalue weighted by Gasteiger charge is 2.04. The van der Waals surface area contributed by atoms with Crippen LogP contribution >= 0.6 is 27.5 Å². The number of pyridine rings is 1. The predicted molar refractivity (Wildman–Crippen MR) is 80.5 cm³/mol. The van der Waals surface area contributed by atoms with Crippen LogP contribution in [0.3, 0.4) is 0 Å². The quantitative estimate of drug-likeness (QED) is 0.823. The number of halogens is 2. The van der Waals surface area contributed by atoms with E-state index in [4.69, 9.17) is 17.3 Å². The van der Waals surface area contributed by atoms with Crippen molar-refractivity contribution < 1.29 is 0 Å². The number of hydrogen-bond acceptors (Lipinski definition) is 3. The van der Waals surface area contributed by atoms with Crippen LogP contribution in [0.25, 0.3) is 0 Å². The number of aryl methyl sites for hydroxylation is 1. The standard InChI is InChI=1S/C13H13BrClN3/c1-2-8-5-9(14)3-4-11(8)17-13-7-10(16)6-12(15)18-13/h3-7H,2H2,1H3,(H3,16,17,18). The molecule has 1 heterocycles. The summed E-state index contributed by atoms with van der Waals surface area (Å²) in [7, 11) is 0. The summed E-state index contributed by atoms with van der Waals surface area (Å²) in [6, 6.07) is 9.44. The molecule has 3 nitrogen and oxygen atoms in total. The van der Waals surface area contributed by atoms with Gasteiger partial charge in [0.05, 0.1) is 0 Å². The lowest BCUT2D eigenvalue weighted by atomic mass is 10.1. The number of nitrogen functional groups attached to an aromatic ring is 1. The number of rotatable bonds is 3. The molecule has 1 aromatic heterocycles. The van der Waals surface area contributed by atoms with Crippen LogP contribution in [0.15, 0.2) is 34.8 Å². The Bertz CT molecular complexity index is 552. The molecule has 0 aliphatic rings. The molecule has 0 radical (unpaired) electrons. The average Bonchev–Trinajstić information content (AvgIpc) is 2.30. The fraction of sp³-hybridized carbons (Fsp3) is 0.154. The first-order valence-electron chi connectivity index (χ1n) is 5.57. The zero-order chi connectivity index (χ0) is 13.1. The number of aromatic nitrogens is 1. The van der Waals surface area contributed by atoms with E-state index in [1.165, 1.54) is 5.56 Å². The highest BCUT2D eigenvalue weighted by molar-refractivity contribution is 9.10. The highest BCUT2D eigenvalue weighted by Crippen LogP contribution is 2.25. The zero-order valence-corrected chi connectivity index (χ0v) is 12.2. The number of nitrogens with one attached hydrogen (secondary N) is 1. The Morgan fingerprint density at radius 2 is 2.11 bits per heavy atom. The van der Waals surface area contributed by atoms with E-state index < -0.39 is 0 Å². The summed E-state index contributed by atoms with van der Waals surface area (Å²) in [5.41, 5.74) is 8.53. The molecule has 0 bridgehead atoms. The third-order valence-electron chi connectivity index (χ3n) is 2.53. The van der Waals surface area contributed by atoms with Gasteiger partial charge in [-0.25, -0.2) is 4.98 Å². The Morgan fingerprint density at radius 1 is 1.33 bits per heavy atom. The molecule has 1 aromatic carbocycles. The van der Waals surface area contributed by atoms with E-state index in [0.29, 0.717) is 16.7 Å². The Balaban J connectivity index is 2.33. The second-order valence-corrected chi connectivity index (χ2v) is 5.19. The van der Waals surface area contributed by atoms with Gasteiger partial charge in [-0.3, -0.25) is 0 Å². The van der Waals surface area contributed by atoms with Gasteiger partial charge >= 0.3 is 0 Å². The van der Waals surface area contributed by atoms with Gasteiger partial charge in [0, 0.05) is 21.9 Å². The van der Waals surface area contributed by atoms with Crippen LogP contribution in [0.2, 0.25) is 5.15 Å². The minimum atomic E-state index is 0.382. The summed E-state index contributed by atoms with van der Waals surface area (Å²) in [4.78, 5) is 4.19. The molecule has 0 saturated carbocycles. The van der Waals surface area contributed by atoms with Crippen LogP contribution in [0, 0.1) is 0 Å². The normalized spacial score (nSPS) is 10.4. The van der Waals surface area contributed by atoms with Crippen molar-refractivity contribution >= 4 is 44.7 Å². The van der Waals surface area contributed by atoms with Crippen LogP contribution < -0.4 is 11.1 Å². The molecule has 2 rings (SSSR count). The third-order valence-corrected chi connectivity index (χ3v) is 3.21. The first kappa shape index (κ1) is 13.2. The van der Waals surface area contributed by atoms with Crippen LogP contribution in [-0.4, -0.2) is 4.98 Å². The molecule has 5 heteroatoms. The fourth-order valence-electron chi connectivity index (χ4n) is 1.70. The van der Waals surface area contributed by atoms with Crippen molar-refractivity contribution in [2.75, 3.05) is 11.1 Å². The minimum absolute atomic E-state index is 0.382. The molecule has 94 valence electrons. The van der Waals surface area contributed by atoms with E-state index in [2.05, 4.69) is 39.2 Å². The maximum Gasteiger partial charge on any atom is 0.134 e. The molecule has 0 aliphatic carbocycles. The molecular formula is C13H13BrClN3. The summed E-state index contributed by atoms with van der Waals surface area (Å²) in [6.07, 6.45) is 0.928. The van der Waals surface area contributed by atoms with E-state index in [1.807, 2.05) is 12.1 Å². The lowest BCUT2D eigenvalue weighted by Crippen LogP contribution is -1.99. The van der Waals surface area contributed by atoms with Crippen LogP contribution in [0.1, 0.15) is 12.5 Å². The summed E-state index contributed by atoms with van der Waals surface area (Å²) in [5, 5.41) is 3.62. The molecule has 0 saturated heterocycles. The molecular weight excluding hydrogens is 314 g/mol. The fourth-order valence-corrected chi connectivity index (χ4v) is 2.32. The lowest BCUT2D eigenvalue weighted by molar-refractivity contribution is 1.13. The SMILES string of the molecule is CCc1cc(Br)ccc1Nc1cc(N)cc(Cl)n1. The molecule has 0 fully saturated rings. The van der Waals surface area contributed by atoms with Crippen molar-refractivity contribution in [1.29, 1.82) is 0 Å². The molecule has 0 amide bonds. The van der Waals surface area contributed by atoms with E-state index >= 15 is 0 Å². The monoisotopic (exact) mass is 325 g/mol. The Kier molecular flexibility index (Phi) is 4.09. The minimum Gasteiger partial charge on any atom is -0.399 e. The van der Waals surface area contributed by atoms with Crippen LogP contribution in [0.4, 0.5) is 17.2 Å². The molecule has 0 aliphatic heterocycles. The molecule has 0 atom stereocenters. The zero-order valence-electron chi connectivity index (χ0n) is 9.87. The van der Waals surface area contributed by atoms with Gasteiger partial charge in [-0.1, -0.05) is 34.5 Å². The summed E-state index contributed by atoms with van der Waals surface area (Å²) in [5.74, 6) is 0.650. The van der Waals surface area contributed by atoms with Crippen LogP contribution in [-0.2, 0) is 6.42 Å². The molecule has 2 aromatic rings. The Labute approximate surface area is 119 Å². The third kappa shape index (κ3) is 3.15. The highest BCUT2D eigenvalue weighted by atomic mass is 79.9. The van der Waals surface area contributed by atoms with Gasteiger partial charge in [0.25, 0.3) is 0 Å². The summed E-state index contributed by atoms with van der Waals surface area (Å²) in [6.45, 7) is 2.10. The molecule has 3 N–H and O–H groups in total. The van der Waals surface area contributed by atoms with E-state index in [-0.39, 0.29) is 0 Å². The van der Waals surface area contributed by atoms with E-state index in [9.17, 15) is 0 Å². The summed E-state index contributed by atoms with van der Waals surface area (Å²) < 4.78 is 1.06. The number of benzene rings is 1. The van der Waals surface area contributed by atoms with E-state index in [0.717, 1.165) is 16.6 Å². The van der Waals surface area contributed by atoms with Crippen molar-refractivity contribution in [1.82, 2.24) is 4.98 Å². The predicted octanol–water partition coefficient (Wildman–Crippen LogP) is 4.39. The van der Waals surface area contributed by atoms with Gasteiger partial charge in [0.1, 0.15) is 11.0 Å². The maximum absolute atomic E-state index is 5.88.